The summed E-state index contributed by atoms with van der Waals surface area (Å²) in [6.45, 7) is 17.3. The lowest BCUT2D eigenvalue weighted by molar-refractivity contribution is 0.320. The number of phenolic OH excluding ortho intramolecular Hbond substituents is 1. The van der Waals surface area contributed by atoms with Gasteiger partial charge in [-0.2, -0.15) is 0 Å². The number of benzene rings is 2. The molecule has 2 N–H and O–H groups in total. The number of hydrogen-bond donors (Lipinski definition) is 2. The summed E-state index contributed by atoms with van der Waals surface area (Å²) in [5.74, 6) is 1.29. The van der Waals surface area contributed by atoms with Crippen molar-refractivity contribution in [1.82, 2.24) is 10.3 Å². The van der Waals surface area contributed by atoms with Crippen molar-refractivity contribution in [3.05, 3.63) is 64.2 Å². The fourth-order valence-corrected chi connectivity index (χ4v) is 4.54. The van der Waals surface area contributed by atoms with Crippen molar-refractivity contribution in [2.75, 3.05) is 13.2 Å². The molecule has 3 rings (SSSR count). The lowest BCUT2D eigenvalue weighted by Gasteiger charge is -2.28. The van der Waals surface area contributed by atoms with Crippen LogP contribution in [0, 0.1) is 0 Å². The van der Waals surface area contributed by atoms with E-state index >= 15 is 0 Å². The van der Waals surface area contributed by atoms with Crippen LogP contribution in [-0.2, 0) is 23.8 Å². The number of aromatic hydroxyl groups is 1. The van der Waals surface area contributed by atoms with Gasteiger partial charge >= 0.3 is 0 Å². The minimum Gasteiger partial charge on any atom is -0.507 e. The number of ether oxygens (including phenoxy) is 1. The summed E-state index contributed by atoms with van der Waals surface area (Å²) in [5.41, 5.74) is 4.96. The van der Waals surface area contributed by atoms with Gasteiger partial charge in [0.05, 0.1) is 12.3 Å². The van der Waals surface area contributed by atoms with Gasteiger partial charge in [0.15, 0.2) is 0 Å². The molecule has 3 aromatic rings. The van der Waals surface area contributed by atoms with E-state index in [-0.39, 0.29) is 10.8 Å². The first-order valence-electron chi connectivity index (χ1n) is 11.7. The quantitative estimate of drug-likeness (QED) is 0.381. The molecule has 0 aliphatic carbocycles. The van der Waals surface area contributed by atoms with Crippen molar-refractivity contribution in [1.29, 1.82) is 0 Å². The lowest BCUT2D eigenvalue weighted by atomic mass is 9.78. The average molecular weight is 467 g/mol. The summed E-state index contributed by atoms with van der Waals surface area (Å²) in [5, 5.41) is 17.4. The highest BCUT2D eigenvalue weighted by Gasteiger charge is 2.27. The van der Waals surface area contributed by atoms with Crippen LogP contribution in [0.1, 0.15) is 70.9 Å². The Bertz CT molecular complexity index is 1020. The third-order valence-electron chi connectivity index (χ3n) is 5.65. The number of nitrogens with one attached hydrogen (secondary N) is 1. The number of rotatable bonds is 8. The third-order valence-corrected chi connectivity index (χ3v) is 6.59. The fraction of sp³-hybridized carbons (Fsp3) is 0.464. The average Bonchev–Trinajstić information content (AvgIpc) is 3.20. The van der Waals surface area contributed by atoms with E-state index in [1.807, 2.05) is 12.1 Å². The maximum absolute atomic E-state index is 11.0. The number of thiazole rings is 1. The number of phenols is 1. The second-order valence-corrected chi connectivity index (χ2v) is 11.4. The van der Waals surface area contributed by atoms with E-state index in [1.54, 1.807) is 11.3 Å². The van der Waals surface area contributed by atoms with Gasteiger partial charge in [0.1, 0.15) is 16.5 Å². The summed E-state index contributed by atoms with van der Waals surface area (Å²) >= 11 is 1.65. The van der Waals surface area contributed by atoms with Crippen LogP contribution >= 0.6 is 11.3 Å². The topological polar surface area (TPSA) is 54.4 Å². The molecule has 0 aliphatic rings. The molecule has 0 aliphatic heterocycles. The minimum atomic E-state index is -0.157. The maximum atomic E-state index is 11.0. The zero-order valence-corrected chi connectivity index (χ0v) is 21.9. The molecule has 33 heavy (non-hydrogen) atoms. The third kappa shape index (κ3) is 6.58. The van der Waals surface area contributed by atoms with Gasteiger partial charge in [-0.1, -0.05) is 60.6 Å². The van der Waals surface area contributed by atoms with Gasteiger partial charge in [-0.05, 0) is 47.2 Å². The van der Waals surface area contributed by atoms with Gasteiger partial charge < -0.3 is 15.2 Å². The normalized spacial score (nSPS) is 12.2. The van der Waals surface area contributed by atoms with Crippen molar-refractivity contribution in [3.63, 3.8) is 0 Å². The Morgan fingerprint density at radius 3 is 2.12 bits per heavy atom. The van der Waals surface area contributed by atoms with Gasteiger partial charge in [0.2, 0.25) is 0 Å². The second kappa shape index (κ2) is 10.3. The zero-order valence-electron chi connectivity index (χ0n) is 21.1. The Morgan fingerprint density at radius 2 is 1.58 bits per heavy atom. The molecule has 1 heterocycles. The summed E-state index contributed by atoms with van der Waals surface area (Å²) in [4.78, 5) is 4.88. The summed E-state index contributed by atoms with van der Waals surface area (Å²) in [6, 6.07) is 12.4. The van der Waals surface area contributed by atoms with Gasteiger partial charge in [0.25, 0.3) is 0 Å². The summed E-state index contributed by atoms with van der Waals surface area (Å²) < 4.78 is 5.94. The molecule has 0 spiro atoms. The molecule has 2 aromatic carbocycles. The van der Waals surface area contributed by atoms with Crippen LogP contribution in [0.25, 0.3) is 10.6 Å². The van der Waals surface area contributed by atoms with Crippen molar-refractivity contribution in [2.45, 2.75) is 72.3 Å². The monoisotopic (exact) mass is 466 g/mol. The maximum Gasteiger partial charge on any atom is 0.123 e. The largest absolute Gasteiger partial charge is 0.507 e. The van der Waals surface area contributed by atoms with E-state index in [0.29, 0.717) is 12.4 Å². The summed E-state index contributed by atoms with van der Waals surface area (Å²) in [6.07, 6.45) is 0.756. The molecule has 0 radical (unpaired) electrons. The predicted molar refractivity (Wildman–Crippen MR) is 140 cm³/mol. The van der Waals surface area contributed by atoms with Crippen LogP contribution in [0.4, 0.5) is 0 Å². The Morgan fingerprint density at radius 1 is 0.970 bits per heavy atom. The molecular weight excluding hydrogens is 428 g/mol. The van der Waals surface area contributed by atoms with E-state index in [9.17, 15) is 5.11 Å². The molecule has 0 amide bonds. The Labute approximate surface area is 203 Å². The van der Waals surface area contributed by atoms with Crippen LogP contribution in [-0.4, -0.2) is 23.2 Å². The van der Waals surface area contributed by atoms with Gasteiger partial charge in [0, 0.05) is 35.0 Å². The molecule has 178 valence electrons. The molecule has 0 atom stereocenters. The lowest BCUT2D eigenvalue weighted by Crippen LogP contribution is -2.17. The minimum absolute atomic E-state index is 0.157. The molecule has 0 fully saturated rings. The highest BCUT2D eigenvalue weighted by Crippen LogP contribution is 2.42. The van der Waals surface area contributed by atoms with Crippen LogP contribution in [0.5, 0.6) is 11.5 Å². The Balaban J connectivity index is 1.72. The van der Waals surface area contributed by atoms with Crippen molar-refractivity contribution >= 4 is 11.3 Å². The van der Waals surface area contributed by atoms with Crippen LogP contribution < -0.4 is 10.1 Å². The standard InChI is InChI=1S/C28H38N2O2S/c1-8-29-17-19-9-11-22(12-10-19)32-14-13-21-18-33-26(30-21)20-15-23(27(2,3)4)25(31)24(16-20)28(5,6)7/h9-12,15-16,18,29,31H,8,13-14,17H2,1-7H3. The van der Waals surface area contributed by atoms with Crippen LogP contribution in [0.15, 0.2) is 41.8 Å². The van der Waals surface area contributed by atoms with Gasteiger partial charge in [-0.3, -0.25) is 0 Å². The molecule has 1 aromatic heterocycles. The molecule has 0 unspecified atom stereocenters. The molecule has 0 saturated carbocycles. The molecule has 4 nitrogen and oxygen atoms in total. The van der Waals surface area contributed by atoms with Crippen molar-refractivity contribution < 1.29 is 9.84 Å². The number of aromatic nitrogens is 1. The fourth-order valence-electron chi connectivity index (χ4n) is 3.70. The molecular formula is C28H38N2O2S. The zero-order chi connectivity index (χ0) is 24.2. The molecule has 0 bridgehead atoms. The van der Waals surface area contributed by atoms with Crippen LogP contribution in [0.2, 0.25) is 0 Å². The second-order valence-electron chi connectivity index (χ2n) is 10.6. The molecule has 5 heteroatoms. The predicted octanol–water partition coefficient (Wildman–Crippen LogP) is 6.84. The van der Waals surface area contributed by atoms with Crippen molar-refractivity contribution in [2.24, 2.45) is 0 Å². The van der Waals surface area contributed by atoms with Gasteiger partial charge in [-0.15, -0.1) is 11.3 Å². The Hall–Kier alpha value is -2.37. The highest BCUT2D eigenvalue weighted by atomic mass is 32.1. The van der Waals surface area contributed by atoms with E-state index in [4.69, 9.17) is 9.72 Å². The summed E-state index contributed by atoms with van der Waals surface area (Å²) in [7, 11) is 0. The first kappa shape index (κ1) is 25.3. The Kier molecular flexibility index (Phi) is 7.86. The SMILES string of the molecule is CCNCc1ccc(OCCc2csc(-c3cc(C(C)(C)C)c(O)c(C(C)(C)C)c3)n2)cc1. The first-order chi connectivity index (χ1) is 15.5. The van der Waals surface area contributed by atoms with E-state index < -0.39 is 0 Å². The van der Waals surface area contributed by atoms with Crippen molar-refractivity contribution in [3.8, 4) is 22.1 Å². The number of nitrogens with zero attached hydrogens (tertiary/aromatic N) is 1. The first-order valence-corrected chi connectivity index (χ1v) is 12.6. The van der Waals surface area contributed by atoms with Crippen LogP contribution in [0.3, 0.4) is 0 Å². The van der Waals surface area contributed by atoms with Gasteiger partial charge in [-0.25, -0.2) is 4.98 Å². The number of hydrogen-bond acceptors (Lipinski definition) is 5. The van der Waals surface area contributed by atoms with E-state index in [0.717, 1.165) is 52.7 Å². The highest BCUT2D eigenvalue weighted by molar-refractivity contribution is 7.13. The van der Waals surface area contributed by atoms with E-state index in [2.05, 4.69) is 83.4 Å². The molecule has 0 saturated heterocycles. The van der Waals surface area contributed by atoms with E-state index in [1.165, 1.54) is 5.56 Å². The smallest absolute Gasteiger partial charge is 0.123 e.